The molecule has 5 rings (SSSR count). The lowest BCUT2D eigenvalue weighted by molar-refractivity contribution is 0.413. The van der Waals surface area contributed by atoms with Crippen LogP contribution in [0, 0.1) is 11.9 Å². The number of hydrogen-bond donors (Lipinski definition) is 1. The summed E-state index contributed by atoms with van der Waals surface area (Å²) >= 11 is 0. The second-order valence-corrected chi connectivity index (χ2v) is 11.8. The first-order valence-electron chi connectivity index (χ1n) is 11.1. The van der Waals surface area contributed by atoms with Crippen LogP contribution in [0.4, 0.5) is 4.39 Å². The SMILES string of the molecule is COc1cnc2c(Cc3cnc(F)c([C@]4(C)CS(=O)(=O)[C@@](C)(C5CC5)C(N)=N4)c3)nccc2c1. The summed E-state index contributed by atoms with van der Waals surface area (Å²) in [5.41, 5.74) is 7.01. The van der Waals surface area contributed by atoms with Crippen molar-refractivity contribution in [3.63, 3.8) is 0 Å². The number of methoxy groups -OCH3 is 1. The van der Waals surface area contributed by atoms with Crippen LogP contribution in [0.1, 0.15) is 43.5 Å². The third-order valence-corrected chi connectivity index (χ3v) is 9.86. The van der Waals surface area contributed by atoms with E-state index in [9.17, 15) is 12.8 Å². The molecule has 10 heteroatoms. The summed E-state index contributed by atoms with van der Waals surface area (Å²) in [6, 6.07) is 5.31. The molecule has 2 aliphatic rings. The van der Waals surface area contributed by atoms with Crippen molar-refractivity contribution in [2.24, 2.45) is 16.6 Å². The quantitative estimate of drug-likeness (QED) is 0.554. The highest BCUT2D eigenvalue weighted by Gasteiger charge is 2.59. The molecule has 34 heavy (non-hydrogen) atoms. The largest absolute Gasteiger partial charge is 0.495 e. The third-order valence-electron chi connectivity index (χ3n) is 7.08. The van der Waals surface area contributed by atoms with Gasteiger partial charge in [0.05, 0.1) is 30.3 Å². The first-order chi connectivity index (χ1) is 16.1. The number of aromatic nitrogens is 3. The van der Waals surface area contributed by atoms with E-state index in [1.165, 1.54) is 6.20 Å². The van der Waals surface area contributed by atoms with Crippen LogP contribution < -0.4 is 10.5 Å². The topological polar surface area (TPSA) is 120 Å². The normalized spacial score (nSPS) is 26.3. The molecule has 0 unspecified atom stereocenters. The zero-order valence-electron chi connectivity index (χ0n) is 19.2. The van der Waals surface area contributed by atoms with Gasteiger partial charge in [0.15, 0.2) is 9.84 Å². The van der Waals surface area contributed by atoms with Crippen LogP contribution in [0.2, 0.25) is 0 Å². The van der Waals surface area contributed by atoms with Gasteiger partial charge in [-0.15, -0.1) is 0 Å². The average molecular weight is 484 g/mol. The van der Waals surface area contributed by atoms with Gasteiger partial charge >= 0.3 is 0 Å². The minimum absolute atomic E-state index is 0.0383. The Labute approximate surface area is 197 Å². The Kier molecular flexibility index (Phi) is 5.12. The van der Waals surface area contributed by atoms with E-state index in [0.717, 1.165) is 18.2 Å². The fraction of sp³-hybridized carbons (Fsp3) is 0.417. The average Bonchev–Trinajstić information content (AvgIpc) is 3.64. The summed E-state index contributed by atoms with van der Waals surface area (Å²) in [5, 5.41) is 0.863. The number of nitrogens with two attached hydrogens (primary N) is 1. The molecule has 0 radical (unpaired) electrons. The molecular weight excluding hydrogens is 457 g/mol. The maximum absolute atomic E-state index is 15.0. The molecule has 0 aromatic carbocycles. The van der Waals surface area contributed by atoms with Crippen molar-refractivity contribution in [1.29, 1.82) is 0 Å². The minimum atomic E-state index is -3.67. The lowest BCUT2D eigenvalue weighted by Gasteiger charge is -2.40. The molecule has 1 aliphatic carbocycles. The number of halogens is 1. The third kappa shape index (κ3) is 3.51. The van der Waals surface area contributed by atoms with E-state index in [2.05, 4.69) is 19.9 Å². The fourth-order valence-electron chi connectivity index (χ4n) is 4.82. The summed E-state index contributed by atoms with van der Waals surface area (Å²) in [5.74, 6) is -0.452. The van der Waals surface area contributed by atoms with Crippen LogP contribution in [-0.4, -0.2) is 46.8 Å². The predicted molar refractivity (Wildman–Crippen MR) is 127 cm³/mol. The van der Waals surface area contributed by atoms with E-state index >= 15 is 0 Å². The number of fused-ring (bicyclic) bond motifs is 1. The van der Waals surface area contributed by atoms with Crippen molar-refractivity contribution in [2.45, 2.75) is 43.4 Å². The molecule has 0 amide bonds. The number of hydrogen-bond acceptors (Lipinski definition) is 8. The molecule has 0 spiro atoms. The van der Waals surface area contributed by atoms with E-state index in [0.29, 0.717) is 28.9 Å². The molecule has 0 bridgehead atoms. The van der Waals surface area contributed by atoms with Crippen LogP contribution in [-0.2, 0) is 21.8 Å². The van der Waals surface area contributed by atoms with E-state index in [-0.39, 0.29) is 23.1 Å². The van der Waals surface area contributed by atoms with Crippen LogP contribution >= 0.6 is 0 Å². The summed E-state index contributed by atoms with van der Waals surface area (Å²) in [7, 11) is -2.10. The van der Waals surface area contributed by atoms with E-state index in [1.54, 1.807) is 39.4 Å². The van der Waals surface area contributed by atoms with Gasteiger partial charge in [-0.25, -0.2) is 13.4 Å². The molecule has 2 atom stereocenters. The number of rotatable bonds is 5. The monoisotopic (exact) mass is 483 g/mol. The van der Waals surface area contributed by atoms with Crippen LogP contribution in [0.25, 0.3) is 10.9 Å². The second kappa shape index (κ2) is 7.69. The van der Waals surface area contributed by atoms with Gasteiger partial charge < -0.3 is 10.5 Å². The van der Waals surface area contributed by atoms with E-state index in [1.807, 2.05) is 12.1 Å². The highest BCUT2D eigenvalue weighted by Crippen LogP contribution is 2.49. The molecule has 178 valence electrons. The Morgan fingerprint density at radius 2 is 1.94 bits per heavy atom. The molecule has 2 N–H and O–H groups in total. The number of sulfone groups is 1. The fourth-order valence-corrected chi connectivity index (χ4v) is 7.19. The highest BCUT2D eigenvalue weighted by molar-refractivity contribution is 7.93. The van der Waals surface area contributed by atoms with Gasteiger partial charge in [0.2, 0.25) is 5.95 Å². The molecule has 3 aromatic heterocycles. The van der Waals surface area contributed by atoms with Crippen molar-refractivity contribution in [3.05, 3.63) is 59.6 Å². The summed E-state index contributed by atoms with van der Waals surface area (Å²) < 4.78 is 45.7. The smallest absolute Gasteiger partial charge is 0.218 e. The first kappa shape index (κ1) is 22.6. The van der Waals surface area contributed by atoms with Gasteiger partial charge in [-0.05, 0) is 56.4 Å². The number of ether oxygens (including phenoxy) is 1. The van der Waals surface area contributed by atoms with Crippen molar-refractivity contribution in [3.8, 4) is 5.75 Å². The number of nitrogens with zero attached hydrogens (tertiary/aromatic N) is 4. The maximum atomic E-state index is 15.0. The lowest BCUT2D eigenvalue weighted by atomic mass is 9.92. The summed E-state index contributed by atoms with van der Waals surface area (Å²) in [6.45, 7) is 3.23. The van der Waals surface area contributed by atoms with Gasteiger partial charge in [-0.1, -0.05) is 0 Å². The Balaban J connectivity index is 1.54. The van der Waals surface area contributed by atoms with Crippen LogP contribution in [0.15, 0.2) is 41.8 Å². The Hall–Kier alpha value is -3.14. The van der Waals surface area contributed by atoms with Crippen LogP contribution in [0.3, 0.4) is 0 Å². The molecule has 1 saturated carbocycles. The van der Waals surface area contributed by atoms with Crippen molar-refractivity contribution >= 4 is 26.6 Å². The Morgan fingerprint density at radius 1 is 1.18 bits per heavy atom. The summed E-state index contributed by atoms with van der Waals surface area (Å²) in [4.78, 5) is 17.4. The van der Waals surface area contributed by atoms with Crippen LogP contribution in [0.5, 0.6) is 5.75 Å². The Bertz CT molecular complexity index is 1440. The van der Waals surface area contributed by atoms with Gasteiger partial charge in [0.25, 0.3) is 0 Å². The standard InChI is InChI=1S/C24H26FN5O3S/c1-23(13-34(31,32)24(2,16-4-5-16)22(26)30-23)18-8-14(11-29-21(18)25)9-19-20-15(6-7-27-19)10-17(33-3)12-28-20/h6-8,10-12,16H,4-5,9,13H2,1-3H3,(H2,26,30)/t23-,24-/m0/s1. The van der Waals surface area contributed by atoms with Crippen molar-refractivity contribution in [2.75, 3.05) is 12.9 Å². The second-order valence-electron chi connectivity index (χ2n) is 9.47. The molecule has 0 saturated heterocycles. The minimum Gasteiger partial charge on any atom is -0.495 e. The van der Waals surface area contributed by atoms with E-state index in [4.69, 9.17) is 10.5 Å². The van der Waals surface area contributed by atoms with Crippen molar-refractivity contribution < 1.29 is 17.5 Å². The Morgan fingerprint density at radius 3 is 2.62 bits per heavy atom. The van der Waals surface area contributed by atoms with Gasteiger partial charge in [-0.3, -0.25) is 15.0 Å². The zero-order chi connectivity index (χ0) is 24.3. The number of pyridine rings is 3. The molecule has 1 aliphatic heterocycles. The maximum Gasteiger partial charge on any atom is 0.218 e. The predicted octanol–water partition coefficient (Wildman–Crippen LogP) is 2.93. The first-order valence-corrected chi connectivity index (χ1v) is 12.7. The molecule has 8 nitrogen and oxygen atoms in total. The summed E-state index contributed by atoms with van der Waals surface area (Å²) in [6.07, 6.45) is 6.64. The van der Waals surface area contributed by atoms with Gasteiger partial charge in [-0.2, -0.15) is 4.39 Å². The van der Waals surface area contributed by atoms with Crippen molar-refractivity contribution in [1.82, 2.24) is 15.0 Å². The van der Waals surface area contributed by atoms with Gasteiger partial charge in [0, 0.05) is 29.8 Å². The molecular formula is C24H26FN5O3S. The molecule has 3 aromatic rings. The van der Waals surface area contributed by atoms with E-state index < -0.39 is 26.1 Å². The zero-order valence-corrected chi connectivity index (χ0v) is 20.1. The number of aliphatic imine (C=N–C) groups is 1. The highest BCUT2D eigenvalue weighted by atomic mass is 32.2. The lowest BCUT2D eigenvalue weighted by Crippen LogP contribution is -2.58. The van der Waals surface area contributed by atoms with Gasteiger partial charge in [0.1, 0.15) is 21.9 Å². The number of amidine groups is 1. The molecule has 4 heterocycles. The molecule has 1 fully saturated rings.